The fourth-order valence-electron chi connectivity index (χ4n) is 2.39. The molecule has 0 unspecified atom stereocenters. The van der Waals surface area contributed by atoms with Gasteiger partial charge in [0, 0.05) is 5.02 Å². The summed E-state index contributed by atoms with van der Waals surface area (Å²) >= 11 is 11.3. The minimum Gasteiger partial charge on any atom is -0.462 e. The molecule has 2 amide bonds. The van der Waals surface area contributed by atoms with Gasteiger partial charge in [-0.15, -0.1) is 0 Å². The molecule has 7 heteroatoms. The number of hydrogen-bond acceptors (Lipinski definition) is 4. The standard InChI is InChI=1S/C17H13ClN2O3S/c1-9-6-7-11(23-9)8-12-15(21)19-17(24)20(16(12)22)14-5-3-4-13(18)10(14)2/h3-8H,1-2H3,(H,19,21,24)/b12-8+. The molecule has 1 fully saturated rings. The molecule has 0 radical (unpaired) electrons. The molecule has 3 rings (SSSR count). The summed E-state index contributed by atoms with van der Waals surface area (Å²) in [4.78, 5) is 26.3. The Balaban J connectivity index is 2.06. The van der Waals surface area contributed by atoms with E-state index < -0.39 is 11.8 Å². The van der Waals surface area contributed by atoms with E-state index in [4.69, 9.17) is 28.2 Å². The van der Waals surface area contributed by atoms with Gasteiger partial charge in [0.2, 0.25) is 0 Å². The Morgan fingerprint density at radius 3 is 2.62 bits per heavy atom. The SMILES string of the molecule is Cc1ccc(/C=C2\C(=O)NC(=S)N(c3cccc(Cl)c3C)C2=O)o1. The minimum atomic E-state index is -0.560. The van der Waals surface area contributed by atoms with Crippen LogP contribution in [0.5, 0.6) is 0 Å². The molecule has 1 saturated heterocycles. The number of halogens is 1. The Morgan fingerprint density at radius 2 is 1.96 bits per heavy atom. The fraction of sp³-hybridized carbons (Fsp3) is 0.118. The first kappa shape index (κ1) is 16.4. The molecule has 1 aliphatic rings. The normalized spacial score (nSPS) is 16.7. The third-order valence-electron chi connectivity index (χ3n) is 3.63. The van der Waals surface area contributed by atoms with Crippen LogP contribution in [-0.4, -0.2) is 16.9 Å². The molecule has 122 valence electrons. The van der Waals surface area contributed by atoms with E-state index in [2.05, 4.69) is 5.32 Å². The highest BCUT2D eigenvalue weighted by atomic mass is 35.5. The Bertz CT molecular complexity index is 901. The molecule has 1 aromatic carbocycles. The molecule has 0 saturated carbocycles. The smallest absolute Gasteiger partial charge is 0.270 e. The number of carbonyl (C=O) groups is 2. The molecular weight excluding hydrogens is 348 g/mol. The second-order valence-corrected chi connectivity index (χ2v) is 6.08. The average Bonchev–Trinajstić information content (AvgIpc) is 2.93. The van der Waals surface area contributed by atoms with E-state index in [0.717, 1.165) is 0 Å². The van der Waals surface area contributed by atoms with Crippen LogP contribution in [-0.2, 0) is 9.59 Å². The van der Waals surface area contributed by atoms with E-state index in [1.165, 1.54) is 11.0 Å². The quantitative estimate of drug-likeness (QED) is 0.506. The van der Waals surface area contributed by atoms with Crippen molar-refractivity contribution in [2.45, 2.75) is 13.8 Å². The summed E-state index contributed by atoms with van der Waals surface area (Å²) in [7, 11) is 0. The maximum atomic E-state index is 12.8. The van der Waals surface area contributed by atoms with E-state index >= 15 is 0 Å². The summed E-state index contributed by atoms with van der Waals surface area (Å²) < 4.78 is 5.41. The number of benzene rings is 1. The third kappa shape index (κ3) is 2.86. The Labute approximate surface area is 148 Å². The van der Waals surface area contributed by atoms with E-state index in [0.29, 0.717) is 27.8 Å². The van der Waals surface area contributed by atoms with Gasteiger partial charge in [-0.1, -0.05) is 17.7 Å². The summed E-state index contributed by atoms with van der Waals surface area (Å²) in [6, 6.07) is 8.60. The van der Waals surface area contributed by atoms with Crippen LogP contribution in [0.1, 0.15) is 17.1 Å². The zero-order valence-electron chi connectivity index (χ0n) is 12.9. The second-order valence-electron chi connectivity index (χ2n) is 5.29. The minimum absolute atomic E-state index is 0.0168. The van der Waals surface area contributed by atoms with Crippen molar-refractivity contribution in [3.05, 3.63) is 58.0 Å². The van der Waals surface area contributed by atoms with Gasteiger partial charge >= 0.3 is 0 Å². The van der Waals surface area contributed by atoms with Crippen molar-refractivity contribution >= 4 is 52.5 Å². The van der Waals surface area contributed by atoms with Crippen LogP contribution in [0.2, 0.25) is 5.02 Å². The van der Waals surface area contributed by atoms with E-state index in [-0.39, 0.29) is 10.7 Å². The van der Waals surface area contributed by atoms with Gasteiger partial charge in [0.1, 0.15) is 17.1 Å². The monoisotopic (exact) mass is 360 g/mol. The molecule has 0 spiro atoms. The van der Waals surface area contributed by atoms with Crippen molar-refractivity contribution in [2.24, 2.45) is 0 Å². The summed E-state index contributed by atoms with van der Waals surface area (Å²) in [5, 5.41) is 3.05. The van der Waals surface area contributed by atoms with Crippen LogP contribution in [0.15, 0.2) is 40.3 Å². The lowest BCUT2D eigenvalue weighted by Gasteiger charge is -2.30. The maximum absolute atomic E-state index is 12.8. The Hall–Kier alpha value is -2.44. The van der Waals surface area contributed by atoms with Gasteiger partial charge in [0.25, 0.3) is 11.8 Å². The molecule has 5 nitrogen and oxygen atoms in total. The fourth-order valence-corrected chi connectivity index (χ4v) is 2.83. The first-order valence-electron chi connectivity index (χ1n) is 7.11. The predicted octanol–water partition coefficient (Wildman–Crippen LogP) is 3.38. The van der Waals surface area contributed by atoms with Crippen molar-refractivity contribution < 1.29 is 14.0 Å². The Kier molecular flexibility index (Phi) is 4.26. The van der Waals surface area contributed by atoms with Gasteiger partial charge in [0.05, 0.1) is 5.69 Å². The van der Waals surface area contributed by atoms with Gasteiger partial charge in [0.15, 0.2) is 5.11 Å². The lowest BCUT2D eigenvalue weighted by atomic mass is 10.1. The van der Waals surface area contributed by atoms with Gasteiger partial charge in [-0.25, -0.2) is 0 Å². The van der Waals surface area contributed by atoms with E-state index in [1.807, 2.05) is 0 Å². The number of nitrogens with one attached hydrogen (secondary N) is 1. The number of furan rings is 1. The molecule has 1 N–H and O–H groups in total. The van der Waals surface area contributed by atoms with Crippen LogP contribution >= 0.6 is 23.8 Å². The van der Waals surface area contributed by atoms with Gasteiger partial charge in [-0.2, -0.15) is 0 Å². The summed E-state index contributed by atoms with van der Waals surface area (Å²) in [5.74, 6) is 0.0170. The van der Waals surface area contributed by atoms with E-state index in [9.17, 15) is 9.59 Å². The van der Waals surface area contributed by atoms with Crippen LogP contribution in [0.3, 0.4) is 0 Å². The highest BCUT2D eigenvalue weighted by Crippen LogP contribution is 2.29. The van der Waals surface area contributed by atoms with Crippen LogP contribution < -0.4 is 10.2 Å². The van der Waals surface area contributed by atoms with Gasteiger partial charge in [-0.05, 0) is 62.0 Å². The largest absolute Gasteiger partial charge is 0.462 e. The van der Waals surface area contributed by atoms with Crippen LogP contribution in [0.25, 0.3) is 6.08 Å². The van der Waals surface area contributed by atoms with Gasteiger partial charge < -0.3 is 4.42 Å². The summed E-state index contributed by atoms with van der Waals surface area (Å²) in [5.41, 5.74) is 1.16. The van der Waals surface area contributed by atoms with Crippen molar-refractivity contribution in [3.8, 4) is 0 Å². The van der Waals surface area contributed by atoms with Crippen molar-refractivity contribution in [2.75, 3.05) is 4.90 Å². The highest BCUT2D eigenvalue weighted by Gasteiger charge is 2.35. The molecule has 1 aliphatic heterocycles. The second kappa shape index (κ2) is 6.22. The number of nitrogens with zero attached hydrogens (tertiary/aromatic N) is 1. The molecule has 0 bridgehead atoms. The lowest BCUT2D eigenvalue weighted by Crippen LogP contribution is -2.54. The summed E-state index contributed by atoms with van der Waals surface area (Å²) in [6.45, 7) is 3.56. The molecule has 1 aromatic heterocycles. The molecule has 2 aromatic rings. The van der Waals surface area contributed by atoms with Crippen molar-refractivity contribution in [1.29, 1.82) is 0 Å². The highest BCUT2D eigenvalue weighted by molar-refractivity contribution is 7.80. The zero-order chi connectivity index (χ0) is 17.4. The number of amides is 2. The predicted molar refractivity (Wildman–Crippen MR) is 95.8 cm³/mol. The molecule has 0 aliphatic carbocycles. The topological polar surface area (TPSA) is 62.6 Å². The van der Waals surface area contributed by atoms with Crippen LogP contribution in [0, 0.1) is 13.8 Å². The number of anilines is 1. The van der Waals surface area contributed by atoms with Crippen LogP contribution in [0.4, 0.5) is 5.69 Å². The molecule has 0 atom stereocenters. The number of hydrogen-bond donors (Lipinski definition) is 1. The van der Waals surface area contributed by atoms with Crippen molar-refractivity contribution in [3.63, 3.8) is 0 Å². The number of rotatable bonds is 2. The zero-order valence-corrected chi connectivity index (χ0v) is 14.5. The van der Waals surface area contributed by atoms with Crippen molar-refractivity contribution in [1.82, 2.24) is 5.32 Å². The van der Waals surface area contributed by atoms with Gasteiger partial charge in [-0.3, -0.25) is 19.8 Å². The molecule has 2 heterocycles. The summed E-state index contributed by atoms with van der Waals surface area (Å²) in [6.07, 6.45) is 1.40. The average molecular weight is 361 g/mol. The Morgan fingerprint density at radius 1 is 1.21 bits per heavy atom. The maximum Gasteiger partial charge on any atom is 0.270 e. The first-order chi connectivity index (χ1) is 11.4. The van der Waals surface area contributed by atoms with E-state index in [1.54, 1.807) is 44.2 Å². The number of aryl methyl sites for hydroxylation is 1. The molecule has 24 heavy (non-hydrogen) atoms. The number of carbonyl (C=O) groups excluding carboxylic acids is 2. The number of thiocarbonyl (C=S) groups is 1. The lowest BCUT2D eigenvalue weighted by molar-refractivity contribution is -0.122. The first-order valence-corrected chi connectivity index (χ1v) is 7.90. The third-order valence-corrected chi connectivity index (χ3v) is 4.32. The molecular formula is C17H13ClN2O3S.